The Morgan fingerprint density at radius 3 is 2.63 bits per heavy atom. The number of nitrogens with one attached hydrogen (secondary N) is 1. The fourth-order valence-electron chi connectivity index (χ4n) is 5.73. The van der Waals surface area contributed by atoms with E-state index in [-0.39, 0.29) is 24.4 Å². The van der Waals surface area contributed by atoms with E-state index in [1.54, 1.807) is 11.2 Å². The molecule has 0 radical (unpaired) electrons. The first-order chi connectivity index (χ1) is 17.0. The topological polar surface area (TPSA) is 72.4 Å². The molecule has 0 bridgehead atoms. The van der Waals surface area contributed by atoms with Crippen molar-refractivity contribution in [1.82, 2.24) is 19.4 Å². The highest BCUT2D eigenvalue weighted by Gasteiger charge is 2.49. The standard InChI is InChI=1S/C28H30N4O3/c1-19-11-12-23-22(16-19)24(30-13-5-6-14-30)25-26(33)32(17-21-10-7-15-35-21)28(2,18-31(23)25)27(34)29-20-8-3-4-9-20/h5-7,10-16,20H,3-4,8-9,17-18H2,1-2H3,(H,29,34). The molecule has 4 aromatic rings. The average Bonchev–Trinajstić information content (AvgIpc) is 3.64. The lowest BCUT2D eigenvalue weighted by molar-refractivity contribution is -0.134. The molecule has 1 fully saturated rings. The third kappa shape index (κ3) is 3.49. The molecule has 1 saturated carbocycles. The summed E-state index contributed by atoms with van der Waals surface area (Å²) >= 11 is 0. The van der Waals surface area contributed by atoms with Gasteiger partial charge in [0.1, 0.15) is 17.0 Å². The van der Waals surface area contributed by atoms with Crippen LogP contribution in [0.3, 0.4) is 0 Å². The minimum Gasteiger partial charge on any atom is -0.467 e. The quantitative estimate of drug-likeness (QED) is 0.455. The molecular formula is C28H30N4O3. The van der Waals surface area contributed by atoms with Crippen molar-refractivity contribution in [2.75, 3.05) is 0 Å². The van der Waals surface area contributed by atoms with Crippen molar-refractivity contribution in [2.45, 2.75) is 64.2 Å². The van der Waals surface area contributed by atoms with E-state index in [1.165, 1.54) is 0 Å². The predicted molar refractivity (Wildman–Crippen MR) is 133 cm³/mol. The Balaban J connectivity index is 1.53. The van der Waals surface area contributed by atoms with E-state index >= 15 is 0 Å². The van der Waals surface area contributed by atoms with Crippen LogP contribution in [0.15, 0.2) is 65.5 Å². The zero-order valence-corrected chi connectivity index (χ0v) is 20.2. The number of nitrogens with zero attached hydrogens (tertiary/aromatic N) is 3. The van der Waals surface area contributed by atoms with Crippen molar-refractivity contribution in [2.24, 2.45) is 0 Å². The number of furan rings is 1. The molecule has 1 aliphatic carbocycles. The van der Waals surface area contributed by atoms with Gasteiger partial charge in [0, 0.05) is 23.8 Å². The highest BCUT2D eigenvalue weighted by Crippen LogP contribution is 2.39. The van der Waals surface area contributed by atoms with Crippen LogP contribution in [-0.2, 0) is 17.9 Å². The van der Waals surface area contributed by atoms with Crippen LogP contribution < -0.4 is 5.32 Å². The molecule has 1 aromatic carbocycles. The van der Waals surface area contributed by atoms with E-state index in [9.17, 15) is 9.59 Å². The number of carbonyl (C=O) groups excluding carboxylic acids is 2. The maximum absolute atomic E-state index is 14.3. The minimum absolute atomic E-state index is 0.105. The van der Waals surface area contributed by atoms with Gasteiger partial charge in [-0.15, -0.1) is 0 Å². The van der Waals surface area contributed by atoms with Crippen molar-refractivity contribution in [3.8, 4) is 5.69 Å². The number of rotatable bonds is 5. The Labute approximate surface area is 204 Å². The fourth-order valence-corrected chi connectivity index (χ4v) is 5.73. The summed E-state index contributed by atoms with van der Waals surface area (Å²) in [5.41, 5.74) is 2.46. The van der Waals surface area contributed by atoms with E-state index in [0.717, 1.165) is 47.8 Å². The van der Waals surface area contributed by atoms with Crippen molar-refractivity contribution in [3.63, 3.8) is 0 Å². The first-order valence-electron chi connectivity index (χ1n) is 12.4. The van der Waals surface area contributed by atoms with E-state index in [4.69, 9.17) is 4.42 Å². The van der Waals surface area contributed by atoms with Crippen molar-refractivity contribution >= 4 is 22.7 Å². The van der Waals surface area contributed by atoms with Gasteiger partial charge < -0.3 is 23.8 Å². The molecule has 6 rings (SSSR count). The van der Waals surface area contributed by atoms with Crippen LogP contribution in [0.1, 0.15) is 54.4 Å². The van der Waals surface area contributed by atoms with Crippen LogP contribution in [0.4, 0.5) is 0 Å². The van der Waals surface area contributed by atoms with E-state index in [0.29, 0.717) is 18.0 Å². The van der Waals surface area contributed by atoms with E-state index in [2.05, 4.69) is 30.4 Å². The van der Waals surface area contributed by atoms with Crippen LogP contribution >= 0.6 is 0 Å². The minimum atomic E-state index is -1.07. The van der Waals surface area contributed by atoms with Gasteiger partial charge in [0.05, 0.1) is 30.6 Å². The molecule has 2 aliphatic rings. The van der Waals surface area contributed by atoms with Crippen LogP contribution in [-0.4, -0.2) is 37.4 Å². The smallest absolute Gasteiger partial charge is 0.274 e. The highest BCUT2D eigenvalue weighted by atomic mass is 16.3. The van der Waals surface area contributed by atoms with E-state index < -0.39 is 5.54 Å². The first-order valence-corrected chi connectivity index (χ1v) is 12.4. The summed E-state index contributed by atoms with van der Waals surface area (Å²) in [6.07, 6.45) is 9.76. The fraction of sp³-hybridized carbons (Fsp3) is 0.357. The van der Waals surface area contributed by atoms with Crippen molar-refractivity contribution < 1.29 is 14.0 Å². The number of aryl methyl sites for hydroxylation is 1. The van der Waals surface area contributed by atoms with Crippen molar-refractivity contribution in [3.05, 3.63) is 78.1 Å². The maximum atomic E-state index is 14.3. The van der Waals surface area contributed by atoms with Gasteiger partial charge >= 0.3 is 0 Å². The lowest BCUT2D eigenvalue weighted by Crippen LogP contribution is -2.64. The Morgan fingerprint density at radius 1 is 1.14 bits per heavy atom. The second-order valence-electron chi connectivity index (χ2n) is 10.1. The van der Waals surface area contributed by atoms with Gasteiger partial charge in [-0.1, -0.05) is 24.5 Å². The molecule has 7 nitrogen and oxygen atoms in total. The summed E-state index contributed by atoms with van der Waals surface area (Å²) in [7, 11) is 0. The summed E-state index contributed by atoms with van der Waals surface area (Å²) in [4.78, 5) is 29.9. The van der Waals surface area contributed by atoms with Gasteiger partial charge in [0.25, 0.3) is 5.91 Å². The van der Waals surface area contributed by atoms with Gasteiger partial charge in [0.15, 0.2) is 0 Å². The molecule has 1 unspecified atom stereocenters. The van der Waals surface area contributed by atoms with Crippen LogP contribution in [0.2, 0.25) is 0 Å². The van der Waals surface area contributed by atoms with Gasteiger partial charge in [-0.2, -0.15) is 0 Å². The monoisotopic (exact) mass is 470 g/mol. The molecule has 1 N–H and O–H groups in total. The summed E-state index contributed by atoms with van der Waals surface area (Å²) in [6, 6.07) is 14.0. The van der Waals surface area contributed by atoms with Gasteiger partial charge in [-0.3, -0.25) is 9.59 Å². The molecule has 0 saturated heterocycles. The number of aromatic nitrogens is 2. The Morgan fingerprint density at radius 2 is 1.91 bits per heavy atom. The zero-order chi connectivity index (χ0) is 24.2. The molecule has 1 atom stereocenters. The summed E-state index contributed by atoms with van der Waals surface area (Å²) < 4.78 is 9.66. The SMILES string of the molecule is Cc1ccc2c(c1)c(-n1cccc1)c1n2CC(C)(C(=O)NC2CCCC2)N(Cc2ccco2)C1=O. The number of hydrogen-bond donors (Lipinski definition) is 1. The molecule has 7 heteroatoms. The molecule has 180 valence electrons. The normalized spacial score (nSPS) is 20.5. The lowest BCUT2D eigenvalue weighted by atomic mass is 9.93. The van der Waals surface area contributed by atoms with Gasteiger partial charge in [-0.05, 0) is 63.1 Å². The number of benzene rings is 1. The molecule has 0 spiro atoms. The second kappa shape index (κ2) is 8.18. The number of amides is 2. The largest absolute Gasteiger partial charge is 0.467 e. The third-order valence-electron chi connectivity index (χ3n) is 7.64. The predicted octanol–water partition coefficient (Wildman–Crippen LogP) is 4.81. The molecule has 2 amide bonds. The molecule has 35 heavy (non-hydrogen) atoms. The molecule has 3 aromatic heterocycles. The molecular weight excluding hydrogens is 440 g/mol. The van der Waals surface area contributed by atoms with Crippen LogP contribution in [0.25, 0.3) is 16.6 Å². The Hall–Kier alpha value is -3.74. The van der Waals surface area contributed by atoms with E-state index in [1.807, 2.05) is 52.7 Å². The third-order valence-corrected chi connectivity index (χ3v) is 7.64. The molecule has 4 heterocycles. The van der Waals surface area contributed by atoms with Crippen LogP contribution in [0, 0.1) is 6.92 Å². The van der Waals surface area contributed by atoms with Gasteiger partial charge in [-0.25, -0.2) is 0 Å². The second-order valence-corrected chi connectivity index (χ2v) is 10.1. The number of carbonyl (C=O) groups is 2. The first kappa shape index (κ1) is 21.8. The Bertz CT molecular complexity index is 1390. The summed E-state index contributed by atoms with van der Waals surface area (Å²) in [6.45, 7) is 4.54. The van der Waals surface area contributed by atoms with Crippen LogP contribution in [0.5, 0.6) is 0 Å². The zero-order valence-electron chi connectivity index (χ0n) is 20.2. The number of fused-ring (bicyclic) bond motifs is 3. The number of hydrogen-bond acceptors (Lipinski definition) is 3. The highest BCUT2D eigenvalue weighted by molar-refractivity contribution is 6.09. The van der Waals surface area contributed by atoms with Gasteiger partial charge in [0.2, 0.25) is 5.91 Å². The van der Waals surface area contributed by atoms with Crippen molar-refractivity contribution in [1.29, 1.82) is 0 Å². The summed E-state index contributed by atoms with van der Waals surface area (Å²) in [5, 5.41) is 4.26. The Kier molecular flexibility index (Phi) is 5.09. The maximum Gasteiger partial charge on any atom is 0.274 e. The molecule has 1 aliphatic heterocycles. The lowest BCUT2D eigenvalue weighted by Gasteiger charge is -2.44. The summed E-state index contributed by atoms with van der Waals surface area (Å²) in [5.74, 6) is 0.377. The average molecular weight is 471 g/mol.